The highest BCUT2D eigenvalue weighted by atomic mass is 79.9. The minimum atomic E-state index is 0.0172. The number of amides is 1. The number of nitrogens with zero attached hydrogens (tertiary/aromatic N) is 1. The first-order valence-corrected chi connectivity index (χ1v) is 5.37. The van der Waals surface area contributed by atoms with Gasteiger partial charge in [-0.25, -0.2) is 0 Å². The van der Waals surface area contributed by atoms with Crippen LogP contribution >= 0.6 is 15.9 Å². The molecule has 3 nitrogen and oxygen atoms in total. The quantitative estimate of drug-likeness (QED) is 0.847. The molecule has 0 atom stereocenters. The van der Waals surface area contributed by atoms with Gasteiger partial charge in [-0.2, -0.15) is 0 Å². The molecule has 0 radical (unpaired) electrons. The Bertz CT molecular complexity index is 516. The Balaban J connectivity index is 2.59. The zero-order valence-electron chi connectivity index (χ0n) is 8.54. The lowest BCUT2D eigenvalue weighted by Gasteiger charge is -2.08. The summed E-state index contributed by atoms with van der Waals surface area (Å²) >= 11 is 3.39. The molecule has 0 bridgehead atoms. The van der Waals surface area contributed by atoms with Crippen LogP contribution in [-0.4, -0.2) is 29.9 Å². The Morgan fingerprint density at radius 1 is 1.40 bits per heavy atom. The molecule has 0 saturated carbocycles. The highest BCUT2D eigenvalue weighted by molar-refractivity contribution is 9.10. The molecule has 0 saturated heterocycles. The van der Waals surface area contributed by atoms with Crippen LogP contribution in [0.25, 0.3) is 10.9 Å². The van der Waals surface area contributed by atoms with E-state index in [9.17, 15) is 4.79 Å². The zero-order valence-corrected chi connectivity index (χ0v) is 10.1. The van der Waals surface area contributed by atoms with Crippen molar-refractivity contribution in [3.05, 3.63) is 34.4 Å². The van der Waals surface area contributed by atoms with E-state index >= 15 is 0 Å². The molecule has 4 heteroatoms. The van der Waals surface area contributed by atoms with Gasteiger partial charge in [0.15, 0.2) is 0 Å². The summed E-state index contributed by atoms with van der Waals surface area (Å²) in [5, 5.41) is 0.955. The maximum absolute atomic E-state index is 11.8. The van der Waals surface area contributed by atoms with Crippen molar-refractivity contribution < 1.29 is 4.79 Å². The van der Waals surface area contributed by atoms with E-state index in [2.05, 4.69) is 20.9 Å². The SMILES string of the molecule is CN(C)C(=O)c1c[nH]c2cc(Br)ccc12. The van der Waals surface area contributed by atoms with Gasteiger partial charge < -0.3 is 9.88 Å². The molecular formula is C11H11BrN2O. The topological polar surface area (TPSA) is 36.1 Å². The van der Waals surface area contributed by atoms with Crippen LogP contribution in [0.2, 0.25) is 0 Å². The van der Waals surface area contributed by atoms with Gasteiger partial charge in [0.25, 0.3) is 5.91 Å². The number of H-pyrrole nitrogens is 1. The molecule has 1 amide bonds. The lowest BCUT2D eigenvalue weighted by molar-refractivity contribution is 0.0829. The van der Waals surface area contributed by atoms with Gasteiger partial charge in [0.2, 0.25) is 0 Å². The first-order chi connectivity index (χ1) is 7.09. The fraction of sp³-hybridized carbons (Fsp3) is 0.182. The maximum Gasteiger partial charge on any atom is 0.255 e. The van der Waals surface area contributed by atoms with Gasteiger partial charge in [0.05, 0.1) is 5.56 Å². The largest absolute Gasteiger partial charge is 0.360 e. The summed E-state index contributed by atoms with van der Waals surface area (Å²) < 4.78 is 1.00. The summed E-state index contributed by atoms with van der Waals surface area (Å²) in [5.41, 5.74) is 1.68. The van der Waals surface area contributed by atoms with Gasteiger partial charge >= 0.3 is 0 Å². The molecule has 1 aromatic carbocycles. The van der Waals surface area contributed by atoms with Crippen molar-refractivity contribution >= 4 is 32.7 Å². The van der Waals surface area contributed by atoms with E-state index < -0.39 is 0 Å². The number of nitrogens with one attached hydrogen (secondary N) is 1. The molecule has 78 valence electrons. The Morgan fingerprint density at radius 2 is 2.13 bits per heavy atom. The van der Waals surface area contributed by atoms with E-state index in [0.29, 0.717) is 5.56 Å². The summed E-state index contributed by atoms with van der Waals surface area (Å²) in [7, 11) is 3.50. The van der Waals surface area contributed by atoms with Gasteiger partial charge in [0.1, 0.15) is 0 Å². The molecule has 0 unspecified atom stereocenters. The molecule has 15 heavy (non-hydrogen) atoms. The summed E-state index contributed by atoms with van der Waals surface area (Å²) in [6, 6.07) is 5.83. The van der Waals surface area contributed by atoms with Crippen LogP contribution in [0.3, 0.4) is 0 Å². The minimum absolute atomic E-state index is 0.0172. The highest BCUT2D eigenvalue weighted by Gasteiger charge is 2.13. The fourth-order valence-corrected chi connectivity index (χ4v) is 1.88. The monoisotopic (exact) mass is 266 g/mol. The Hall–Kier alpha value is -1.29. The van der Waals surface area contributed by atoms with Crippen molar-refractivity contribution in [2.45, 2.75) is 0 Å². The number of hydrogen-bond acceptors (Lipinski definition) is 1. The molecule has 2 rings (SSSR count). The number of halogens is 1. The van der Waals surface area contributed by atoms with Crippen LogP contribution in [0.4, 0.5) is 0 Å². The molecule has 2 aromatic rings. The Labute approximate surface area is 96.2 Å². The number of rotatable bonds is 1. The number of carbonyl (C=O) groups is 1. The third kappa shape index (κ3) is 1.77. The van der Waals surface area contributed by atoms with E-state index in [4.69, 9.17) is 0 Å². The lowest BCUT2D eigenvalue weighted by atomic mass is 10.1. The van der Waals surface area contributed by atoms with Crippen LogP contribution in [0.1, 0.15) is 10.4 Å². The van der Waals surface area contributed by atoms with E-state index in [1.54, 1.807) is 25.2 Å². The average Bonchev–Trinajstić information content (AvgIpc) is 2.59. The van der Waals surface area contributed by atoms with E-state index in [1.807, 2.05) is 18.2 Å². The summed E-state index contributed by atoms with van der Waals surface area (Å²) in [6.07, 6.45) is 1.75. The average molecular weight is 267 g/mol. The summed E-state index contributed by atoms with van der Waals surface area (Å²) in [6.45, 7) is 0. The maximum atomic E-state index is 11.8. The van der Waals surface area contributed by atoms with Crippen LogP contribution in [0.5, 0.6) is 0 Å². The van der Waals surface area contributed by atoms with Gasteiger partial charge in [-0.1, -0.05) is 22.0 Å². The zero-order chi connectivity index (χ0) is 11.0. The molecule has 0 spiro atoms. The summed E-state index contributed by atoms with van der Waals surface area (Å²) in [4.78, 5) is 16.5. The molecule has 0 aliphatic rings. The van der Waals surface area contributed by atoms with Crippen molar-refractivity contribution in [2.24, 2.45) is 0 Å². The van der Waals surface area contributed by atoms with Crippen molar-refractivity contribution in [2.75, 3.05) is 14.1 Å². The molecule has 1 N–H and O–H groups in total. The van der Waals surface area contributed by atoms with E-state index in [0.717, 1.165) is 15.4 Å². The molecule has 1 heterocycles. The minimum Gasteiger partial charge on any atom is -0.360 e. The lowest BCUT2D eigenvalue weighted by Crippen LogP contribution is -2.21. The molecule has 0 aliphatic heterocycles. The predicted molar refractivity (Wildman–Crippen MR) is 64.0 cm³/mol. The van der Waals surface area contributed by atoms with Crippen molar-refractivity contribution in [3.8, 4) is 0 Å². The molecular weight excluding hydrogens is 256 g/mol. The van der Waals surface area contributed by atoms with Crippen LogP contribution in [-0.2, 0) is 0 Å². The first kappa shape index (κ1) is 10.2. The van der Waals surface area contributed by atoms with Gasteiger partial charge in [-0.3, -0.25) is 4.79 Å². The Kier molecular flexibility index (Phi) is 2.52. The second kappa shape index (κ2) is 3.70. The standard InChI is InChI=1S/C11H11BrN2O/c1-14(2)11(15)9-6-13-10-5-7(12)3-4-8(9)10/h3-6,13H,1-2H3. The predicted octanol–water partition coefficient (Wildman–Crippen LogP) is 2.63. The number of hydrogen-bond donors (Lipinski definition) is 1. The van der Waals surface area contributed by atoms with Crippen LogP contribution < -0.4 is 0 Å². The van der Waals surface area contributed by atoms with Crippen molar-refractivity contribution in [1.82, 2.24) is 9.88 Å². The molecule has 0 fully saturated rings. The fourth-order valence-electron chi connectivity index (χ4n) is 1.52. The normalized spacial score (nSPS) is 10.6. The Morgan fingerprint density at radius 3 is 2.80 bits per heavy atom. The van der Waals surface area contributed by atoms with Crippen LogP contribution in [0, 0.1) is 0 Å². The number of fused-ring (bicyclic) bond motifs is 1. The van der Waals surface area contributed by atoms with Gasteiger partial charge in [-0.05, 0) is 12.1 Å². The van der Waals surface area contributed by atoms with E-state index in [1.165, 1.54) is 0 Å². The smallest absolute Gasteiger partial charge is 0.255 e. The van der Waals surface area contributed by atoms with Gasteiger partial charge in [0, 0.05) is 35.7 Å². The number of benzene rings is 1. The third-order valence-electron chi connectivity index (χ3n) is 2.28. The second-order valence-electron chi connectivity index (χ2n) is 3.59. The first-order valence-electron chi connectivity index (χ1n) is 4.58. The van der Waals surface area contributed by atoms with Crippen molar-refractivity contribution in [3.63, 3.8) is 0 Å². The number of carbonyl (C=O) groups excluding carboxylic acids is 1. The van der Waals surface area contributed by atoms with E-state index in [-0.39, 0.29) is 5.91 Å². The summed E-state index contributed by atoms with van der Waals surface area (Å²) in [5.74, 6) is 0.0172. The molecule has 1 aromatic heterocycles. The third-order valence-corrected chi connectivity index (χ3v) is 2.77. The van der Waals surface area contributed by atoms with Crippen molar-refractivity contribution in [1.29, 1.82) is 0 Å². The number of aromatic amines is 1. The molecule has 0 aliphatic carbocycles. The van der Waals surface area contributed by atoms with Gasteiger partial charge in [-0.15, -0.1) is 0 Å². The second-order valence-corrected chi connectivity index (χ2v) is 4.51. The van der Waals surface area contributed by atoms with Crippen LogP contribution in [0.15, 0.2) is 28.9 Å². The highest BCUT2D eigenvalue weighted by Crippen LogP contribution is 2.22. The number of aromatic nitrogens is 1.